The summed E-state index contributed by atoms with van der Waals surface area (Å²) >= 11 is 0. The van der Waals surface area contributed by atoms with E-state index in [1.54, 1.807) is 0 Å². The van der Waals surface area contributed by atoms with Crippen molar-refractivity contribution in [3.63, 3.8) is 0 Å². The Morgan fingerprint density at radius 1 is 0.815 bits per heavy atom. The Morgan fingerprint density at radius 3 is 2.15 bits per heavy atom. The average molecular weight is 356 g/mol. The molecule has 1 heterocycles. The van der Waals surface area contributed by atoms with E-state index in [1.165, 1.54) is 11.1 Å². The molecule has 0 aliphatic heterocycles. The molecular formula is C24H24N2O. The first-order valence-corrected chi connectivity index (χ1v) is 9.40. The molecule has 0 bridgehead atoms. The first-order chi connectivity index (χ1) is 13.1. The first kappa shape index (κ1) is 17.5. The predicted octanol–water partition coefficient (Wildman–Crippen LogP) is 5.29. The van der Waals surface area contributed by atoms with E-state index in [4.69, 9.17) is 4.98 Å². The number of fused-ring (bicyclic) bond motifs is 1. The van der Waals surface area contributed by atoms with Crippen LogP contribution in [0.2, 0.25) is 0 Å². The number of nitrogens with zero attached hydrogens (tertiary/aromatic N) is 2. The van der Waals surface area contributed by atoms with Gasteiger partial charge in [-0.15, -0.1) is 0 Å². The molecule has 0 fully saturated rings. The molecule has 0 saturated heterocycles. The van der Waals surface area contributed by atoms with Crippen molar-refractivity contribution < 1.29 is 5.11 Å². The molecule has 3 aromatic carbocycles. The summed E-state index contributed by atoms with van der Waals surface area (Å²) in [5.41, 5.74) is 5.26. The van der Waals surface area contributed by atoms with Crippen molar-refractivity contribution in [2.75, 3.05) is 0 Å². The molecule has 0 aliphatic carbocycles. The molecule has 1 atom stereocenters. The van der Waals surface area contributed by atoms with E-state index in [0.717, 1.165) is 16.6 Å². The molecule has 0 saturated carbocycles. The lowest BCUT2D eigenvalue weighted by Gasteiger charge is -2.15. The minimum Gasteiger partial charge on any atom is -0.380 e. The van der Waals surface area contributed by atoms with Crippen LogP contribution < -0.4 is 0 Å². The van der Waals surface area contributed by atoms with E-state index < -0.39 is 6.10 Å². The normalized spacial score (nSPS) is 12.6. The zero-order valence-corrected chi connectivity index (χ0v) is 15.7. The van der Waals surface area contributed by atoms with E-state index >= 15 is 0 Å². The van der Waals surface area contributed by atoms with Gasteiger partial charge in [-0.1, -0.05) is 80.6 Å². The molecule has 27 heavy (non-hydrogen) atoms. The largest absolute Gasteiger partial charge is 0.380 e. The fraction of sp³-hybridized carbons (Fsp3) is 0.208. The SMILES string of the molecule is CC(C)c1ccc([C@@H](O)c2nc3ccccc3n2Cc2ccccc2)cc1. The minimum atomic E-state index is -0.762. The Balaban J connectivity index is 1.77. The summed E-state index contributed by atoms with van der Waals surface area (Å²) in [6, 6.07) is 26.5. The highest BCUT2D eigenvalue weighted by Crippen LogP contribution is 2.27. The Morgan fingerprint density at radius 2 is 1.44 bits per heavy atom. The van der Waals surface area contributed by atoms with Crippen molar-refractivity contribution >= 4 is 11.0 Å². The summed E-state index contributed by atoms with van der Waals surface area (Å²) < 4.78 is 2.12. The van der Waals surface area contributed by atoms with Crippen molar-refractivity contribution in [2.45, 2.75) is 32.4 Å². The van der Waals surface area contributed by atoms with Crippen LogP contribution in [0.25, 0.3) is 11.0 Å². The second kappa shape index (κ2) is 7.37. The zero-order valence-electron chi connectivity index (χ0n) is 15.7. The smallest absolute Gasteiger partial charge is 0.143 e. The third-order valence-corrected chi connectivity index (χ3v) is 5.03. The van der Waals surface area contributed by atoms with Crippen molar-refractivity contribution in [1.29, 1.82) is 0 Å². The zero-order chi connectivity index (χ0) is 18.8. The molecule has 0 unspecified atom stereocenters. The van der Waals surface area contributed by atoms with Gasteiger partial charge < -0.3 is 9.67 Å². The van der Waals surface area contributed by atoms with E-state index in [1.807, 2.05) is 48.5 Å². The summed E-state index contributed by atoms with van der Waals surface area (Å²) in [6.45, 7) is 5.02. The van der Waals surface area contributed by atoms with Gasteiger partial charge in [0.25, 0.3) is 0 Å². The molecular weight excluding hydrogens is 332 g/mol. The van der Waals surface area contributed by atoms with Crippen LogP contribution in [-0.2, 0) is 6.54 Å². The lowest BCUT2D eigenvalue weighted by molar-refractivity contribution is 0.206. The highest BCUT2D eigenvalue weighted by atomic mass is 16.3. The van der Waals surface area contributed by atoms with Gasteiger partial charge in [0.2, 0.25) is 0 Å². The maximum atomic E-state index is 11.1. The quantitative estimate of drug-likeness (QED) is 0.528. The molecule has 3 heteroatoms. The fourth-order valence-corrected chi connectivity index (χ4v) is 3.45. The maximum Gasteiger partial charge on any atom is 0.143 e. The van der Waals surface area contributed by atoms with Crippen LogP contribution in [0.1, 0.15) is 48.4 Å². The van der Waals surface area contributed by atoms with Crippen LogP contribution in [-0.4, -0.2) is 14.7 Å². The standard InChI is InChI=1S/C24H24N2O/c1-17(2)19-12-14-20(15-13-19)23(27)24-25-21-10-6-7-11-22(21)26(24)16-18-8-4-3-5-9-18/h3-15,17,23,27H,16H2,1-2H3/t23-/m1/s1. The molecule has 0 aliphatic rings. The summed E-state index contributed by atoms with van der Waals surface area (Å²) in [6.07, 6.45) is -0.762. The number of rotatable bonds is 5. The van der Waals surface area contributed by atoms with Crippen LogP contribution in [0, 0.1) is 0 Å². The minimum absolute atomic E-state index is 0.471. The van der Waals surface area contributed by atoms with Gasteiger partial charge >= 0.3 is 0 Å². The maximum absolute atomic E-state index is 11.1. The van der Waals surface area contributed by atoms with Crippen LogP contribution in [0.4, 0.5) is 0 Å². The summed E-state index contributed by atoms with van der Waals surface area (Å²) in [5, 5.41) is 11.1. The molecule has 136 valence electrons. The number of benzene rings is 3. The number of aliphatic hydroxyl groups excluding tert-OH is 1. The van der Waals surface area contributed by atoms with Gasteiger partial charge in [-0.3, -0.25) is 0 Å². The van der Waals surface area contributed by atoms with Gasteiger partial charge in [0.1, 0.15) is 11.9 Å². The van der Waals surface area contributed by atoms with Gasteiger partial charge in [0, 0.05) is 6.54 Å². The van der Waals surface area contributed by atoms with E-state index in [9.17, 15) is 5.11 Å². The highest BCUT2D eigenvalue weighted by molar-refractivity contribution is 5.76. The van der Waals surface area contributed by atoms with Gasteiger partial charge in [-0.25, -0.2) is 4.98 Å². The lowest BCUT2D eigenvalue weighted by atomic mass is 10.00. The predicted molar refractivity (Wildman–Crippen MR) is 110 cm³/mol. The fourth-order valence-electron chi connectivity index (χ4n) is 3.45. The number of imidazole rings is 1. The Hall–Kier alpha value is -2.91. The Bertz CT molecular complexity index is 1030. The molecule has 4 rings (SSSR count). The van der Waals surface area contributed by atoms with E-state index in [-0.39, 0.29) is 0 Å². The van der Waals surface area contributed by atoms with Crippen molar-refractivity contribution in [2.24, 2.45) is 0 Å². The average Bonchev–Trinajstić information content (AvgIpc) is 3.07. The number of para-hydroxylation sites is 2. The molecule has 3 nitrogen and oxygen atoms in total. The lowest BCUT2D eigenvalue weighted by Crippen LogP contribution is -2.11. The third-order valence-electron chi connectivity index (χ3n) is 5.03. The van der Waals surface area contributed by atoms with Crippen molar-refractivity contribution in [1.82, 2.24) is 9.55 Å². The van der Waals surface area contributed by atoms with Gasteiger partial charge in [-0.2, -0.15) is 0 Å². The van der Waals surface area contributed by atoms with Crippen molar-refractivity contribution in [3.05, 3.63) is 101 Å². The molecule has 4 aromatic rings. The first-order valence-electron chi connectivity index (χ1n) is 9.40. The molecule has 1 N–H and O–H groups in total. The molecule has 0 spiro atoms. The van der Waals surface area contributed by atoms with Gasteiger partial charge in [0.05, 0.1) is 11.0 Å². The van der Waals surface area contributed by atoms with E-state index in [2.05, 4.69) is 48.7 Å². The number of aliphatic hydroxyl groups is 1. The van der Waals surface area contributed by atoms with Gasteiger partial charge in [0.15, 0.2) is 0 Å². The van der Waals surface area contributed by atoms with Crippen LogP contribution in [0.5, 0.6) is 0 Å². The van der Waals surface area contributed by atoms with E-state index in [0.29, 0.717) is 18.3 Å². The number of hydrogen-bond acceptors (Lipinski definition) is 2. The monoisotopic (exact) mass is 356 g/mol. The second-order valence-corrected chi connectivity index (χ2v) is 7.25. The highest BCUT2D eigenvalue weighted by Gasteiger charge is 2.20. The third kappa shape index (κ3) is 3.51. The summed E-state index contributed by atoms with van der Waals surface area (Å²) in [5.74, 6) is 1.15. The van der Waals surface area contributed by atoms with Crippen LogP contribution in [0.3, 0.4) is 0 Å². The Kier molecular flexibility index (Phi) is 4.78. The Labute approximate surface area is 159 Å². The van der Waals surface area contributed by atoms with Crippen LogP contribution >= 0.6 is 0 Å². The van der Waals surface area contributed by atoms with Crippen LogP contribution in [0.15, 0.2) is 78.9 Å². The molecule has 1 aromatic heterocycles. The summed E-state index contributed by atoms with van der Waals surface area (Å²) in [7, 11) is 0. The van der Waals surface area contributed by atoms with Crippen molar-refractivity contribution in [3.8, 4) is 0 Å². The summed E-state index contributed by atoms with van der Waals surface area (Å²) in [4.78, 5) is 4.76. The number of aromatic nitrogens is 2. The molecule has 0 radical (unpaired) electrons. The topological polar surface area (TPSA) is 38.1 Å². The molecule has 0 amide bonds. The van der Waals surface area contributed by atoms with Gasteiger partial charge in [-0.05, 0) is 34.7 Å². The number of hydrogen-bond donors (Lipinski definition) is 1. The second-order valence-electron chi connectivity index (χ2n) is 7.25.